The molecule has 120 valence electrons. The fourth-order valence-corrected chi connectivity index (χ4v) is 5.25. The molecule has 0 aliphatic carbocycles. The van der Waals surface area contributed by atoms with Crippen molar-refractivity contribution in [2.24, 2.45) is 0 Å². The van der Waals surface area contributed by atoms with Crippen LogP contribution >= 0.6 is 11.3 Å². The second-order valence-corrected chi connectivity index (χ2v) is 9.61. The second kappa shape index (κ2) is 5.99. The predicted octanol–water partition coefficient (Wildman–Crippen LogP) is 2.07. The van der Waals surface area contributed by atoms with E-state index >= 15 is 0 Å². The summed E-state index contributed by atoms with van der Waals surface area (Å²) in [6, 6.07) is 7.12. The molecule has 2 aromatic rings. The summed E-state index contributed by atoms with van der Waals surface area (Å²) >= 11 is 1.41. The van der Waals surface area contributed by atoms with Crippen molar-refractivity contribution >= 4 is 37.1 Å². The lowest BCUT2D eigenvalue weighted by molar-refractivity contribution is 0.588. The maximum Gasteiger partial charge on any atom is 0.262 e. The summed E-state index contributed by atoms with van der Waals surface area (Å²) in [6.45, 7) is 3.59. The molecule has 0 saturated heterocycles. The Labute approximate surface area is 134 Å². The van der Waals surface area contributed by atoms with Crippen molar-refractivity contribution in [3.05, 3.63) is 40.1 Å². The van der Waals surface area contributed by atoms with E-state index in [1.165, 1.54) is 42.6 Å². The van der Waals surface area contributed by atoms with Gasteiger partial charge in [0.1, 0.15) is 4.90 Å². The first kappa shape index (κ1) is 16.9. The third-order valence-corrected chi connectivity index (χ3v) is 7.00. The van der Waals surface area contributed by atoms with Crippen molar-refractivity contribution in [2.75, 3.05) is 11.8 Å². The first-order valence-corrected chi connectivity index (χ1v) is 10.1. The van der Waals surface area contributed by atoms with Crippen LogP contribution in [-0.2, 0) is 20.0 Å². The molecule has 0 atom stereocenters. The number of hydrogen-bond acceptors (Lipinski definition) is 5. The van der Waals surface area contributed by atoms with Gasteiger partial charge < -0.3 is 0 Å². The van der Waals surface area contributed by atoms with Crippen molar-refractivity contribution in [3.8, 4) is 0 Å². The van der Waals surface area contributed by atoms with Crippen molar-refractivity contribution in [3.63, 3.8) is 0 Å². The fraction of sp³-hybridized carbons (Fsp3) is 0.231. The van der Waals surface area contributed by atoms with E-state index in [0.717, 1.165) is 4.88 Å². The zero-order valence-corrected chi connectivity index (χ0v) is 14.7. The zero-order valence-electron chi connectivity index (χ0n) is 12.2. The minimum absolute atomic E-state index is 0.0699. The lowest BCUT2D eigenvalue weighted by Crippen LogP contribution is -2.18. The molecule has 0 spiro atoms. The molecule has 1 heterocycles. The molecule has 22 heavy (non-hydrogen) atoms. The minimum atomic E-state index is -3.68. The van der Waals surface area contributed by atoms with Gasteiger partial charge in [-0.25, -0.2) is 21.6 Å². The quantitative estimate of drug-likeness (QED) is 0.854. The van der Waals surface area contributed by atoms with Crippen LogP contribution in [0, 0.1) is 13.8 Å². The van der Waals surface area contributed by atoms with Crippen molar-refractivity contribution < 1.29 is 16.8 Å². The van der Waals surface area contributed by atoms with Gasteiger partial charge in [0.25, 0.3) is 10.0 Å². The molecule has 0 aliphatic rings. The summed E-state index contributed by atoms with van der Waals surface area (Å²) in [7, 11) is -5.91. The third kappa shape index (κ3) is 3.49. The van der Waals surface area contributed by atoms with Crippen LogP contribution in [0.2, 0.25) is 0 Å². The number of thiophene rings is 1. The van der Waals surface area contributed by atoms with Gasteiger partial charge in [0, 0.05) is 15.4 Å². The number of aryl methyl sites for hydroxylation is 2. The van der Waals surface area contributed by atoms with Crippen molar-refractivity contribution in [1.29, 1.82) is 0 Å². The van der Waals surface area contributed by atoms with E-state index in [4.69, 9.17) is 0 Å². The summed E-state index contributed by atoms with van der Waals surface area (Å²) in [4.78, 5) is 1.93. The van der Waals surface area contributed by atoms with Crippen LogP contribution in [-0.4, -0.2) is 23.9 Å². The number of sulfonamides is 2. The van der Waals surface area contributed by atoms with Crippen LogP contribution in [0.3, 0.4) is 0 Å². The largest absolute Gasteiger partial charge is 0.280 e. The summed E-state index contributed by atoms with van der Waals surface area (Å²) in [5, 5.41) is 0. The Balaban J connectivity index is 2.29. The van der Waals surface area contributed by atoms with Crippen molar-refractivity contribution in [2.45, 2.75) is 23.6 Å². The second-order valence-electron chi connectivity index (χ2n) is 4.61. The van der Waals surface area contributed by atoms with Gasteiger partial charge in [-0.1, -0.05) is 0 Å². The van der Waals surface area contributed by atoms with Gasteiger partial charge in [0.2, 0.25) is 10.0 Å². The maximum atomic E-state index is 12.3. The Morgan fingerprint density at radius 1 is 0.955 bits per heavy atom. The molecule has 6 nitrogen and oxygen atoms in total. The number of anilines is 1. The van der Waals surface area contributed by atoms with E-state index in [-0.39, 0.29) is 9.79 Å². The molecule has 2 N–H and O–H groups in total. The van der Waals surface area contributed by atoms with Gasteiger partial charge in [-0.05, 0) is 51.2 Å². The Hall–Kier alpha value is -1.42. The standard InChI is InChI=1S/C13H16N2O4S3/c1-9-8-13(10(2)20-9)22(18,19)15-11-4-6-12(7-5-11)21(16,17)14-3/h4-8,14-15H,1-3H3. The van der Waals surface area contributed by atoms with E-state index in [2.05, 4.69) is 9.44 Å². The molecule has 0 amide bonds. The van der Waals surface area contributed by atoms with E-state index in [1.54, 1.807) is 13.0 Å². The van der Waals surface area contributed by atoms with Gasteiger partial charge in [0.15, 0.2) is 0 Å². The first-order chi connectivity index (χ1) is 10.2. The summed E-state index contributed by atoms with van der Waals surface area (Å²) in [5.74, 6) is 0. The van der Waals surface area contributed by atoms with Crippen LogP contribution in [0.15, 0.2) is 40.1 Å². The highest BCUT2D eigenvalue weighted by Crippen LogP contribution is 2.27. The predicted molar refractivity (Wildman–Crippen MR) is 87.3 cm³/mol. The molecular formula is C13H16N2O4S3. The topological polar surface area (TPSA) is 92.3 Å². The zero-order chi connectivity index (χ0) is 16.5. The van der Waals surface area contributed by atoms with E-state index in [9.17, 15) is 16.8 Å². The van der Waals surface area contributed by atoms with Crippen LogP contribution in [0.5, 0.6) is 0 Å². The average Bonchev–Trinajstić information content (AvgIpc) is 2.79. The Morgan fingerprint density at radius 3 is 2.00 bits per heavy atom. The highest BCUT2D eigenvalue weighted by Gasteiger charge is 2.19. The van der Waals surface area contributed by atoms with Gasteiger partial charge in [-0.3, -0.25) is 4.72 Å². The van der Waals surface area contributed by atoms with Crippen LogP contribution in [0.1, 0.15) is 9.75 Å². The molecule has 0 fully saturated rings. The van der Waals surface area contributed by atoms with E-state index < -0.39 is 20.0 Å². The molecule has 1 aromatic carbocycles. The number of hydrogen-bond donors (Lipinski definition) is 2. The number of nitrogens with one attached hydrogen (secondary N) is 2. The Bertz CT molecular complexity index is 882. The normalized spacial score (nSPS) is 12.3. The molecule has 0 bridgehead atoms. The highest BCUT2D eigenvalue weighted by atomic mass is 32.2. The molecule has 0 saturated carbocycles. The van der Waals surface area contributed by atoms with Crippen LogP contribution < -0.4 is 9.44 Å². The Morgan fingerprint density at radius 2 is 1.55 bits per heavy atom. The number of rotatable bonds is 5. The van der Waals surface area contributed by atoms with E-state index in [0.29, 0.717) is 10.6 Å². The monoisotopic (exact) mass is 360 g/mol. The lowest BCUT2D eigenvalue weighted by atomic mass is 10.3. The Kier molecular flexibility index (Phi) is 4.62. The lowest BCUT2D eigenvalue weighted by Gasteiger charge is -2.08. The molecule has 0 unspecified atom stereocenters. The van der Waals surface area contributed by atoms with E-state index in [1.807, 2.05) is 6.92 Å². The molecule has 1 aromatic heterocycles. The molecule has 2 rings (SSSR count). The summed E-state index contributed by atoms with van der Waals surface area (Å²) < 4.78 is 52.6. The third-order valence-electron chi connectivity index (χ3n) is 2.97. The van der Waals surface area contributed by atoms with Gasteiger partial charge in [-0.15, -0.1) is 11.3 Å². The summed E-state index contributed by atoms with van der Waals surface area (Å²) in [6.07, 6.45) is 0. The minimum Gasteiger partial charge on any atom is -0.280 e. The molecule has 9 heteroatoms. The van der Waals surface area contributed by atoms with Crippen molar-refractivity contribution in [1.82, 2.24) is 4.72 Å². The first-order valence-electron chi connectivity index (χ1n) is 6.29. The molecule has 0 radical (unpaired) electrons. The van der Waals surface area contributed by atoms with Crippen LogP contribution in [0.25, 0.3) is 0 Å². The fourth-order valence-electron chi connectivity index (χ4n) is 1.90. The summed E-state index contributed by atoms with van der Waals surface area (Å²) in [5.41, 5.74) is 0.304. The number of benzene rings is 1. The highest BCUT2D eigenvalue weighted by molar-refractivity contribution is 7.93. The molecular weight excluding hydrogens is 344 g/mol. The SMILES string of the molecule is CNS(=O)(=O)c1ccc(NS(=O)(=O)c2cc(C)sc2C)cc1. The smallest absolute Gasteiger partial charge is 0.262 e. The molecule has 0 aliphatic heterocycles. The average molecular weight is 360 g/mol. The van der Waals surface area contributed by atoms with Gasteiger partial charge in [-0.2, -0.15) is 0 Å². The maximum absolute atomic E-state index is 12.3. The van der Waals surface area contributed by atoms with Crippen LogP contribution in [0.4, 0.5) is 5.69 Å². The van der Waals surface area contributed by atoms with Gasteiger partial charge in [0.05, 0.1) is 4.90 Å². The van der Waals surface area contributed by atoms with Gasteiger partial charge >= 0.3 is 0 Å².